The van der Waals surface area contributed by atoms with E-state index in [1.807, 2.05) is 50.1 Å². The van der Waals surface area contributed by atoms with E-state index in [1.165, 1.54) is 0 Å². The maximum absolute atomic E-state index is 10.1. The first-order chi connectivity index (χ1) is 18.4. The number of nitrogens with one attached hydrogen (secondary N) is 1. The minimum absolute atomic E-state index is 0.201. The van der Waals surface area contributed by atoms with Crippen molar-refractivity contribution < 1.29 is 14.4 Å². The number of piperazine rings is 1. The van der Waals surface area contributed by atoms with Gasteiger partial charge in [-0.3, -0.25) is 0 Å². The highest BCUT2D eigenvalue weighted by atomic mass is 32.2. The molecule has 4 rings (SSSR count). The first-order valence-corrected chi connectivity index (χ1v) is 14.3. The molecule has 38 heavy (non-hydrogen) atoms. The van der Waals surface area contributed by atoms with Crippen LogP contribution in [0.3, 0.4) is 0 Å². The molecule has 10 heteroatoms. The number of rotatable bonds is 11. The summed E-state index contributed by atoms with van der Waals surface area (Å²) in [6, 6.07) is 8.20. The van der Waals surface area contributed by atoms with E-state index >= 15 is 0 Å². The van der Waals surface area contributed by atoms with E-state index in [4.69, 9.17) is 19.2 Å². The lowest BCUT2D eigenvalue weighted by Gasteiger charge is -2.41. The molecule has 2 aromatic heterocycles. The van der Waals surface area contributed by atoms with Crippen LogP contribution in [0.2, 0.25) is 0 Å². The van der Waals surface area contributed by atoms with Crippen molar-refractivity contribution >= 4 is 17.8 Å². The molecule has 0 radical (unpaired) electrons. The van der Waals surface area contributed by atoms with Gasteiger partial charge in [-0.15, -0.1) is 0 Å². The van der Waals surface area contributed by atoms with Gasteiger partial charge in [0, 0.05) is 49.1 Å². The van der Waals surface area contributed by atoms with E-state index < -0.39 is 6.10 Å². The van der Waals surface area contributed by atoms with Crippen molar-refractivity contribution in [2.45, 2.75) is 53.2 Å². The van der Waals surface area contributed by atoms with Gasteiger partial charge in [0.15, 0.2) is 5.82 Å². The van der Waals surface area contributed by atoms with E-state index in [-0.39, 0.29) is 6.61 Å². The second-order valence-electron chi connectivity index (χ2n) is 9.66. The summed E-state index contributed by atoms with van der Waals surface area (Å²) in [5, 5.41) is 17.2. The van der Waals surface area contributed by atoms with Crippen molar-refractivity contribution in [3.8, 4) is 28.4 Å². The van der Waals surface area contributed by atoms with Crippen LogP contribution in [0.5, 0.6) is 5.75 Å². The molecule has 2 atom stereocenters. The molecule has 2 unspecified atom stereocenters. The third-order valence-corrected chi connectivity index (χ3v) is 7.93. The van der Waals surface area contributed by atoms with Gasteiger partial charge in [0.2, 0.25) is 0 Å². The molecule has 3 heterocycles. The summed E-state index contributed by atoms with van der Waals surface area (Å²) in [6.45, 7) is 13.9. The predicted molar refractivity (Wildman–Crippen MR) is 154 cm³/mol. The second kappa shape index (κ2) is 12.9. The van der Waals surface area contributed by atoms with Crippen LogP contribution in [0.25, 0.3) is 22.6 Å². The number of aliphatic hydroxyl groups is 1. The third-order valence-electron chi connectivity index (χ3n) is 6.86. The van der Waals surface area contributed by atoms with Gasteiger partial charge in [0.25, 0.3) is 0 Å². The number of nitrogens with zero attached hydrogens (tertiary/aromatic N) is 5. The Kier molecular flexibility index (Phi) is 9.64. The van der Waals surface area contributed by atoms with Gasteiger partial charge in [0.05, 0.1) is 17.0 Å². The molecule has 0 amide bonds. The predicted octanol–water partition coefficient (Wildman–Crippen LogP) is 4.25. The van der Waals surface area contributed by atoms with E-state index in [0.717, 1.165) is 71.5 Å². The number of aromatic nitrogens is 3. The molecule has 1 saturated heterocycles. The van der Waals surface area contributed by atoms with Gasteiger partial charge in [0.1, 0.15) is 30.0 Å². The average molecular weight is 541 g/mol. The van der Waals surface area contributed by atoms with Crippen molar-refractivity contribution in [3.05, 3.63) is 41.3 Å². The van der Waals surface area contributed by atoms with E-state index in [2.05, 4.69) is 40.4 Å². The monoisotopic (exact) mass is 540 g/mol. The molecular weight excluding hydrogens is 500 g/mol. The Morgan fingerprint density at radius 1 is 1.21 bits per heavy atom. The second-order valence-corrected chi connectivity index (χ2v) is 11.0. The van der Waals surface area contributed by atoms with Crippen molar-refractivity contribution in [2.24, 2.45) is 0 Å². The molecule has 1 aliphatic heterocycles. The summed E-state index contributed by atoms with van der Waals surface area (Å²) in [5.74, 6) is 4.06. The van der Waals surface area contributed by atoms with Crippen LogP contribution in [0, 0.1) is 20.8 Å². The molecular formula is C28H40N6O3S. The van der Waals surface area contributed by atoms with Crippen LogP contribution in [-0.4, -0.2) is 82.3 Å². The third kappa shape index (κ3) is 6.31. The van der Waals surface area contributed by atoms with Gasteiger partial charge in [-0.1, -0.05) is 43.1 Å². The average Bonchev–Trinajstić information content (AvgIpc) is 3.26. The quantitative estimate of drug-likeness (QED) is 0.343. The van der Waals surface area contributed by atoms with Gasteiger partial charge >= 0.3 is 0 Å². The van der Waals surface area contributed by atoms with Gasteiger partial charge in [-0.05, 0) is 46.4 Å². The number of anilines is 1. The Morgan fingerprint density at radius 3 is 2.71 bits per heavy atom. The van der Waals surface area contributed by atoms with Crippen LogP contribution in [-0.2, 0) is 0 Å². The van der Waals surface area contributed by atoms with Crippen molar-refractivity contribution in [1.82, 2.24) is 24.7 Å². The first kappa shape index (κ1) is 28.4. The number of ether oxygens (including phenoxy) is 1. The summed E-state index contributed by atoms with van der Waals surface area (Å²) >= 11 is 1.92. The minimum Gasteiger partial charge on any atom is -0.491 e. The number of aryl methyl sites for hydroxylation is 2. The number of hydrogen-bond acceptors (Lipinski definition) is 10. The van der Waals surface area contributed by atoms with Crippen LogP contribution in [0.4, 0.5) is 5.82 Å². The molecule has 0 bridgehead atoms. The zero-order chi connectivity index (χ0) is 27.2. The Labute approximate surface area is 230 Å². The lowest BCUT2D eigenvalue weighted by atomic mass is 10.0. The standard InChI is InChI=1S/C28H40N6O3S/c1-7-22-16-33(12-13-34(22)38-8-2)28-18(3)26(25-19(4)32-37-20(25)5)30-27(31-28)21-10-9-11-24(14-21)36-17-23(35)15-29-6/h9-11,14,22-23,29,35H,7-8,12-13,15-17H2,1-6H3. The van der Waals surface area contributed by atoms with Crippen LogP contribution in [0.1, 0.15) is 37.3 Å². The molecule has 1 aromatic carbocycles. The Morgan fingerprint density at radius 2 is 2.03 bits per heavy atom. The molecule has 9 nitrogen and oxygen atoms in total. The minimum atomic E-state index is -0.590. The highest BCUT2D eigenvalue weighted by molar-refractivity contribution is 7.97. The Hall–Kier alpha value is -2.66. The lowest BCUT2D eigenvalue weighted by molar-refractivity contribution is 0.108. The normalized spacial score (nSPS) is 17.1. The number of hydrogen-bond donors (Lipinski definition) is 2. The molecule has 0 spiro atoms. The topological polar surface area (TPSA) is 99.8 Å². The van der Waals surface area contributed by atoms with E-state index in [1.54, 1.807) is 7.05 Å². The van der Waals surface area contributed by atoms with Crippen LogP contribution >= 0.6 is 11.9 Å². The Bertz CT molecular complexity index is 1200. The lowest BCUT2D eigenvalue weighted by Crippen LogP contribution is -2.50. The highest BCUT2D eigenvalue weighted by Crippen LogP contribution is 2.36. The van der Waals surface area contributed by atoms with Gasteiger partial charge in [-0.25, -0.2) is 14.3 Å². The summed E-state index contributed by atoms with van der Waals surface area (Å²) in [5.41, 5.74) is 4.45. The summed E-state index contributed by atoms with van der Waals surface area (Å²) in [6.07, 6.45) is 0.490. The maximum Gasteiger partial charge on any atom is 0.162 e. The van der Waals surface area contributed by atoms with Gasteiger partial charge in [-0.2, -0.15) is 0 Å². The molecule has 0 aliphatic carbocycles. The number of likely N-dealkylation sites (N-methyl/N-ethyl adjacent to an activating group) is 1. The smallest absolute Gasteiger partial charge is 0.162 e. The molecule has 2 N–H and O–H groups in total. The Balaban J connectivity index is 1.74. The zero-order valence-electron chi connectivity index (χ0n) is 23.3. The van der Waals surface area contributed by atoms with Gasteiger partial charge < -0.3 is 24.6 Å². The van der Waals surface area contributed by atoms with E-state index in [0.29, 0.717) is 24.2 Å². The number of aliphatic hydroxyl groups excluding tert-OH is 1. The van der Waals surface area contributed by atoms with Crippen LogP contribution < -0.4 is 15.0 Å². The maximum atomic E-state index is 10.1. The fourth-order valence-corrected chi connectivity index (χ4v) is 5.89. The summed E-state index contributed by atoms with van der Waals surface area (Å²) in [7, 11) is 1.80. The van der Waals surface area contributed by atoms with Crippen molar-refractivity contribution in [3.63, 3.8) is 0 Å². The van der Waals surface area contributed by atoms with E-state index in [9.17, 15) is 5.11 Å². The molecule has 3 aromatic rings. The largest absolute Gasteiger partial charge is 0.491 e. The van der Waals surface area contributed by atoms with Crippen LogP contribution in [0.15, 0.2) is 28.8 Å². The fraction of sp³-hybridized carbons (Fsp3) is 0.536. The SMILES string of the molecule is CCSN1CCN(c2nc(-c3cccc(OCC(O)CNC)c3)nc(-c3c(C)noc3C)c2C)CC1CC. The molecule has 1 fully saturated rings. The molecule has 1 aliphatic rings. The molecule has 206 valence electrons. The number of benzene rings is 1. The highest BCUT2D eigenvalue weighted by Gasteiger charge is 2.29. The molecule has 0 saturated carbocycles. The first-order valence-electron chi connectivity index (χ1n) is 13.4. The summed E-state index contributed by atoms with van der Waals surface area (Å²) < 4.78 is 13.9. The fourth-order valence-electron chi connectivity index (χ4n) is 4.92. The van der Waals surface area contributed by atoms with Crippen molar-refractivity contribution in [2.75, 3.05) is 50.5 Å². The van der Waals surface area contributed by atoms with Crippen molar-refractivity contribution in [1.29, 1.82) is 0 Å². The summed E-state index contributed by atoms with van der Waals surface area (Å²) in [4.78, 5) is 12.6. The zero-order valence-corrected chi connectivity index (χ0v) is 24.1.